The minimum absolute atomic E-state index is 0.248. The summed E-state index contributed by atoms with van der Waals surface area (Å²) < 4.78 is 0. The number of nitrogens with one attached hydrogen (secondary N) is 2. The molecule has 2 heterocycles. The van der Waals surface area contributed by atoms with Gasteiger partial charge in [0.05, 0.1) is 17.2 Å². The van der Waals surface area contributed by atoms with Gasteiger partial charge in [0.25, 0.3) is 5.91 Å². The number of benzene rings is 1. The maximum absolute atomic E-state index is 12.1. The van der Waals surface area contributed by atoms with E-state index in [0.29, 0.717) is 23.6 Å². The molecule has 2 aromatic heterocycles. The van der Waals surface area contributed by atoms with Crippen molar-refractivity contribution in [1.82, 2.24) is 20.3 Å². The van der Waals surface area contributed by atoms with Crippen molar-refractivity contribution in [1.29, 1.82) is 5.26 Å². The fraction of sp³-hybridized carbons (Fsp3) is 0.0556. The fourth-order valence-corrected chi connectivity index (χ4v) is 2.05. The monoisotopic (exact) mass is 330 g/mol. The van der Waals surface area contributed by atoms with Crippen molar-refractivity contribution in [2.45, 2.75) is 6.54 Å². The van der Waals surface area contributed by atoms with Gasteiger partial charge in [0.2, 0.25) is 5.95 Å². The number of carbonyl (C=O) groups is 1. The largest absolute Gasteiger partial charge is 0.348 e. The molecule has 1 amide bonds. The molecular formula is C18H14N6O. The first-order valence-electron chi connectivity index (χ1n) is 7.51. The van der Waals surface area contributed by atoms with Crippen LogP contribution in [0.4, 0.5) is 11.6 Å². The molecule has 0 bridgehead atoms. The summed E-state index contributed by atoms with van der Waals surface area (Å²) in [6, 6.07) is 12.6. The second-order valence-electron chi connectivity index (χ2n) is 5.15. The third-order valence-corrected chi connectivity index (χ3v) is 3.39. The standard InChI is InChI=1S/C18H14N6O/c19-9-13-1-3-16(4-2-13)24-18-22-11-15(12-23-18)17(25)21-10-14-5-7-20-8-6-14/h1-8,11-12H,10H2,(H,21,25)(H,22,23,24). The average Bonchev–Trinajstić information content (AvgIpc) is 2.68. The molecule has 0 aliphatic heterocycles. The third-order valence-electron chi connectivity index (χ3n) is 3.39. The van der Waals surface area contributed by atoms with Crippen LogP contribution < -0.4 is 10.6 Å². The molecule has 2 N–H and O–H groups in total. The van der Waals surface area contributed by atoms with Gasteiger partial charge < -0.3 is 10.6 Å². The summed E-state index contributed by atoms with van der Waals surface area (Å²) in [6.07, 6.45) is 6.27. The number of amides is 1. The number of aromatic nitrogens is 3. The lowest BCUT2D eigenvalue weighted by molar-refractivity contribution is 0.0950. The zero-order valence-corrected chi connectivity index (χ0v) is 13.2. The summed E-state index contributed by atoms with van der Waals surface area (Å²) in [5.74, 6) is 0.122. The van der Waals surface area contributed by atoms with E-state index in [4.69, 9.17) is 5.26 Å². The molecule has 7 heteroatoms. The van der Waals surface area contributed by atoms with Crippen LogP contribution in [0.5, 0.6) is 0 Å². The van der Waals surface area contributed by atoms with E-state index in [2.05, 4.69) is 31.7 Å². The lowest BCUT2D eigenvalue weighted by Crippen LogP contribution is -2.23. The van der Waals surface area contributed by atoms with E-state index in [1.54, 1.807) is 36.7 Å². The molecule has 0 aliphatic rings. The summed E-state index contributed by atoms with van der Waals surface area (Å²) in [6.45, 7) is 0.409. The van der Waals surface area contributed by atoms with Crippen molar-refractivity contribution >= 4 is 17.5 Å². The van der Waals surface area contributed by atoms with E-state index in [1.165, 1.54) is 12.4 Å². The highest BCUT2D eigenvalue weighted by Crippen LogP contribution is 2.13. The molecule has 0 saturated heterocycles. The molecular weight excluding hydrogens is 316 g/mol. The Labute approximate surface area is 144 Å². The zero-order chi connectivity index (χ0) is 17.5. The van der Waals surface area contributed by atoms with Crippen LogP contribution in [0.1, 0.15) is 21.5 Å². The summed E-state index contributed by atoms with van der Waals surface area (Å²) in [5.41, 5.74) is 2.67. The van der Waals surface area contributed by atoms with Gasteiger partial charge in [-0.05, 0) is 42.0 Å². The molecule has 0 atom stereocenters. The highest BCUT2D eigenvalue weighted by molar-refractivity contribution is 5.93. The number of nitrogens with zero attached hydrogens (tertiary/aromatic N) is 4. The average molecular weight is 330 g/mol. The predicted molar refractivity (Wildman–Crippen MR) is 91.9 cm³/mol. The van der Waals surface area contributed by atoms with Crippen molar-refractivity contribution in [2.75, 3.05) is 5.32 Å². The Morgan fingerprint density at radius 2 is 1.72 bits per heavy atom. The quantitative estimate of drug-likeness (QED) is 0.744. The van der Waals surface area contributed by atoms with Crippen LogP contribution in [0.25, 0.3) is 0 Å². The third kappa shape index (κ3) is 4.36. The van der Waals surface area contributed by atoms with Gasteiger partial charge >= 0.3 is 0 Å². The van der Waals surface area contributed by atoms with Crippen molar-refractivity contribution < 1.29 is 4.79 Å². The van der Waals surface area contributed by atoms with E-state index >= 15 is 0 Å². The second kappa shape index (κ2) is 7.66. The maximum Gasteiger partial charge on any atom is 0.254 e. The van der Waals surface area contributed by atoms with Crippen LogP contribution in [0.15, 0.2) is 61.2 Å². The van der Waals surface area contributed by atoms with Crippen LogP contribution in [0, 0.1) is 11.3 Å². The van der Waals surface area contributed by atoms with Gasteiger partial charge in [-0.3, -0.25) is 9.78 Å². The lowest BCUT2D eigenvalue weighted by Gasteiger charge is -2.07. The van der Waals surface area contributed by atoms with Crippen LogP contribution in [0.2, 0.25) is 0 Å². The zero-order valence-electron chi connectivity index (χ0n) is 13.2. The van der Waals surface area contributed by atoms with E-state index in [1.807, 2.05) is 12.1 Å². The molecule has 122 valence electrons. The molecule has 0 saturated carbocycles. The summed E-state index contributed by atoms with van der Waals surface area (Å²) in [7, 11) is 0. The Morgan fingerprint density at radius 1 is 1.04 bits per heavy atom. The van der Waals surface area contributed by atoms with Gasteiger partial charge in [-0.1, -0.05) is 0 Å². The first-order chi connectivity index (χ1) is 12.2. The van der Waals surface area contributed by atoms with Gasteiger partial charge in [-0.2, -0.15) is 5.26 Å². The van der Waals surface area contributed by atoms with Crippen molar-refractivity contribution in [3.05, 3.63) is 77.9 Å². The molecule has 3 rings (SSSR count). The SMILES string of the molecule is N#Cc1ccc(Nc2ncc(C(=O)NCc3ccncc3)cn2)cc1. The number of hydrogen-bond acceptors (Lipinski definition) is 6. The van der Waals surface area contributed by atoms with Crippen LogP contribution in [0.3, 0.4) is 0 Å². The Hall–Kier alpha value is -3.79. The predicted octanol–water partition coefficient (Wildman–Crippen LogP) is 2.42. The minimum Gasteiger partial charge on any atom is -0.348 e. The highest BCUT2D eigenvalue weighted by atomic mass is 16.1. The second-order valence-corrected chi connectivity index (χ2v) is 5.15. The van der Waals surface area contributed by atoms with E-state index in [9.17, 15) is 4.79 Å². The Kier molecular flexibility index (Phi) is 4.93. The molecule has 0 spiro atoms. The number of carbonyl (C=O) groups excluding carboxylic acids is 1. The number of anilines is 2. The van der Waals surface area contributed by atoms with Crippen LogP contribution >= 0.6 is 0 Å². The normalized spacial score (nSPS) is 9.88. The van der Waals surface area contributed by atoms with Crippen molar-refractivity contribution in [3.63, 3.8) is 0 Å². The Balaban J connectivity index is 1.59. The molecule has 25 heavy (non-hydrogen) atoms. The first kappa shape index (κ1) is 16.1. The van der Waals surface area contributed by atoms with E-state index in [0.717, 1.165) is 11.3 Å². The van der Waals surface area contributed by atoms with Gasteiger partial charge in [-0.25, -0.2) is 9.97 Å². The molecule has 0 radical (unpaired) electrons. The molecule has 0 fully saturated rings. The number of nitriles is 1. The van der Waals surface area contributed by atoms with Crippen molar-refractivity contribution in [2.24, 2.45) is 0 Å². The molecule has 0 aliphatic carbocycles. The Morgan fingerprint density at radius 3 is 2.36 bits per heavy atom. The number of rotatable bonds is 5. The summed E-state index contributed by atoms with van der Waals surface area (Å²) >= 11 is 0. The van der Waals surface area contributed by atoms with E-state index in [-0.39, 0.29) is 5.91 Å². The lowest BCUT2D eigenvalue weighted by atomic mass is 10.2. The molecule has 1 aromatic carbocycles. The van der Waals surface area contributed by atoms with Gasteiger partial charge in [0, 0.05) is 37.0 Å². The summed E-state index contributed by atoms with van der Waals surface area (Å²) in [5, 5.41) is 14.6. The van der Waals surface area contributed by atoms with Crippen molar-refractivity contribution in [3.8, 4) is 6.07 Å². The molecule has 7 nitrogen and oxygen atoms in total. The first-order valence-corrected chi connectivity index (χ1v) is 7.51. The van der Waals surface area contributed by atoms with Gasteiger partial charge in [0.1, 0.15) is 0 Å². The van der Waals surface area contributed by atoms with Crippen LogP contribution in [-0.2, 0) is 6.54 Å². The number of pyridine rings is 1. The maximum atomic E-state index is 12.1. The topological polar surface area (TPSA) is 104 Å². The Bertz CT molecular complexity index is 886. The van der Waals surface area contributed by atoms with E-state index < -0.39 is 0 Å². The minimum atomic E-state index is -0.248. The van der Waals surface area contributed by atoms with Gasteiger partial charge in [-0.15, -0.1) is 0 Å². The molecule has 0 unspecified atom stereocenters. The fourth-order valence-electron chi connectivity index (χ4n) is 2.05. The smallest absolute Gasteiger partial charge is 0.254 e. The van der Waals surface area contributed by atoms with Crippen LogP contribution in [-0.4, -0.2) is 20.9 Å². The van der Waals surface area contributed by atoms with Gasteiger partial charge in [0.15, 0.2) is 0 Å². The molecule has 3 aromatic rings. The number of hydrogen-bond donors (Lipinski definition) is 2. The highest BCUT2D eigenvalue weighted by Gasteiger charge is 2.07. The summed E-state index contributed by atoms with van der Waals surface area (Å²) in [4.78, 5) is 24.3.